The van der Waals surface area contributed by atoms with Gasteiger partial charge in [-0.2, -0.15) is 0 Å². The van der Waals surface area contributed by atoms with Crippen LogP contribution in [0.5, 0.6) is 11.5 Å². The van der Waals surface area contributed by atoms with Crippen LogP contribution < -0.4 is 14.8 Å². The number of aryl methyl sites for hydroxylation is 1. The minimum absolute atomic E-state index is 0.134. The molecule has 0 heterocycles. The molecule has 1 N–H and O–H groups in total. The second kappa shape index (κ2) is 7.39. The van der Waals surface area contributed by atoms with E-state index in [1.165, 1.54) is 24.0 Å². The summed E-state index contributed by atoms with van der Waals surface area (Å²) in [5.74, 6) is 1.27. The number of carbonyl (C=O) groups excluding carboxylic acids is 1. The number of carbonyl (C=O) groups is 1. The van der Waals surface area contributed by atoms with Gasteiger partial charge in [0, 0.05) is 5.69 Å². The molecule has 0 spiro atoms. The number of fused-ring (bicyclic) bond motifs is 1. The van der Waals surface area contributed by atoms with Crippen molar-refractivity contribution in [2.24, 2.45) is 0 Å². The zero-order valence-electron chi connectivity index (χ0n) is 14.2. The summed E-state index contributed by atoms with van der Waals surface area (Å²) in [6.07, 6.45) is 3.95. The van der Waals surface area contributed by atoms with Crippen molar-refractivity contribution in [1.29, 1.82) is 0 Å². The maximum Gasteiger partial charge on any atom is 0.265 e. The average Bonchev–Trinajstić information content (AvgIpc) is 2.62. The van der Waals surface area contributed by atoms with Crippen molar-refractivity contribution in [3.05, 3.63) is 53.6 Å². The normalized spacial score (nSPS) is 14.4. The van der Waals surface area contributed by atoms with E-state index in [0.717, 1.165) is 24.3 Å². The molecule has 1 aliphatic rings. The zero-order valence-corrected chi connectivity index (χ0v) is 14.2. The van der Waals surface area contributed by atoms with Crippen LogP contribution in [0, 0.1) is 0 Å². The number of rotatable bonds is 5. The summed E-state index contributed by atoms with van der Waals surface area (Å²) in [5.41, 5.74) is 3.54. The number of amides is 1. The summed E-state index contributed by atoms with van der Waals surface area (Å²) < 4.78 is 10.8. The minimum atomic E-state index is -0.571. The van der Waals surface area contributed by atoms with Crippen LogP contribution in [0.25, 0.3) is 0 Å². The van der Waals surface area contributed by atoms with E-state index in [-0.39, 0.29) is 5.91 Å². The number of benzene rings is 2. The van der Waals surface area contributed by atoms with Crippen LogP contribution in [-0.2, 0) is 17.6 Å². The van der Waals surface area contributed by atoms with E-state index in [2.05, 4.69) is 11.4 Å². The molecule has 1 amide bonds. The standard InChI is InChI=1S/C20H23NO3/c1-14(24-17-12-10-16(23-2)11-13-17)20(22)21-19-9-5-7-15-6-3-4-8-18(15)19/h5,7,9-14H,3-4,6,8H2,1-2H3,(H,21,22)/t14-/m0/s1. The molecule has 0 unspecified atom stereocenters. The lowest BCUT2D eigenvalue weighted by Crippen LogP contribution is -2.30. The highest BCUT2D eigenvalue weighted by molar-refractivity contribution is 5.95. The van der Waals surface area contributed by atoms with Gasteiger partial charge in [-0.1, -0.05) is 12.1 Å². The fourth-order valence-corrected chi connectivity index (χ4v) is 3.04. The monoisotopic (exact) mass is 325 g/mol. The zero-order chi connectivity index (χ0) is 16.9. The number of ether oxygens (including phenoxy) is 2. The molecule has 3 rings (SSSR count). The first-order chi connectivity index (χ1) is 11.7. The van der Waals surface area contributed by atoms with Crippen molar-refractivity contribution in [2.75, 3.05) is 12.4 Å². The highest BCUT2D eigenvalue weighted by atomic mass is 16.5. The number of anilines is 1. The third-order valence-electron chi connectivity index (χ3n) is 4.40. The summed E-state index contributed by atoms with van der Waals surface area (Å²) in [6, 6.07) is 13.4. The van der Waals surface area contributed by atoms with Crippen molar-refractivity contribution < 1.29 is 14.3 Å². The molecule has 0 aromatic heterocycles. The summed E-state index contributed by atoms with van der Waals surface area (Å²) in [6.45, 7) is 1.76. The molecule has 2 aromatic carbocycles. The lowest BCUT2D eigenvalue weighted by Gasteiger charge is -2.21. The second-order valence-corrected chi connectivity index (χ2v) is 6.08. The molecule has 24 heavy (non-hydrogen) atoms. The molecule has 0 saturated carbocycles. The minimum Gasteiger partial charge on any atom is -0.497 e. The molecule has 4 heteroatoms. The molecule has 0 bridgehead atoms. The van der Waals surface area contributed by atoms with Gasteiger partial charge >= 0.3 is 0 Å². The molecule has 126 valence electrons. The Balaban J connectivity index is 1.66. The summed E-state index contributed by atoms with van der Waals surface area (Å²) in [4.78, 5) is 12.5. The first kappa shape index (κ1) is 16.4. The van der Waals surface area contributed by atoms with Gasteiger partial charge in [-0.25, -0.2) is 0 Å². The SMILES string of the molecule is COc1ccc(O[C@@H](C)C(=O)Nc2cccc3c2CCCC3)cc1. The maximum atomic E-state index is 12.5. The first-order valence-electron chi connectivity index (χ1n) is 8.39. The molecule has 1 atom stereocenters. The third-order valence-corrected chi connectivity index (χ3v) is 4.40. The number of hydrogen-bond donors (Lipinski definition) is 1. The van der Waals surface area contributed by atoms with E-state index in [1.807, 2.05) is 24.3 Å². The Morgan fingerprint density at radius 1 is 1.04 bits per heavy atom. The summed E-state index contributed by atoms with van der Waals surface area (Å²) >= 11 is 0. The Bertz CT molecular complexity index is 709. The molecular weight excluding hydrogens is 302 g/mol. The number of methoxy groups -OCH3 is 1. The van der Waals surface area contributed by atoms with Crippen LogP contribution in [0.2, 0.25) is 0 Å². The maximum absolute atomic E-state index is 12.5. The van der Waals surface area contributed by atoms with Crippen molar-refractivity contribution in [3.63, 3.8) is 0 Å². The van der Waals surface area contributed by atoms with E-state index in [9.17, 15) is 4.79 Å². The van der Waals surface area contributed by atoms with Crippen LogP contribution in [0.4, 0.5) is 5.69 Å². The summed E-state index contributed by atoms with van der Waals surface area (Å²) in [5, 5.41) is 3.02. The molecule has 0 fully saturated rings. The number of hydrogen-bond acceptors (Lipinski definition) is 3. The van der Waals surface area contributed by atoms with Gasteiger partial charge < -0.3 is 14.8 Å². The van der Waals surface area contributed by atoms with Gasteiger partial charge in [-0.3, -0.25) is 4.79 Å². The second-order valence-electron chi connectivity index (χ2n) is 6.08. The highest BCUT2D eigenvalue weighted by Gasteiger charge is 2.18. The third kappa shape index (κ3) is 3.70. The van der Waals surface area contributed by atoms with Crippen LogP contribution >= 0.6 is 0 Å². The quantitative estimate of drug-likeness (QED) is 0.904. The van der Waals surface area contributed by atoms with Crippen molar-refractivity contribution in [1.82, 2.24) is 0 Å². The van der Waals surface area contributed by atoms with Gasteiger partial charge in [-0.05, 0) is 74.1 Å². The van der Waals surface area contributed by atoms with Crippen molar-refractivity contribution >= 4 is 11.6 Å². The molecule has 1 aliphatic carbocycles. The average molecular weight is 325 g/mol. The van der Waals surface area contributed by atoms with Gasteiger partial charge in [0.15, 0.2) is 6.10 Å². The molecule has 0 aliphatic heterocycles. The van der Waals surface area contributed by atoms with E-state index in [0.29, 0.717) is 5.75 Å². The Labute approximate surface area is 142 Å². The molecule has 0 saturated heterocycles. The Morgan fingerprint density at radius 2 is 1.75 bits per heavy atom. The first-order valence-corrected chi connectivity index (χ1v) is 8.39. The van der Waals surface area contributed by atoms with Gasteiger partial charge in [0.05, 0.1) is 7.11 Å². The molecule has 4 nitrogen and oxygen atoms in total. The fraction of sp³-hybridized carbons (Fsp3) is 0.350. The molecule has 0 radical (unpaired) electrons. The molecule has 2 aromatic rings. The fourth-order valence-electron chi connectivity index (χ4n) is 3.04. The lowest BCUT2D eigenvalue weighted by atomic mass is 9.90. The predicted molar refractivity (Wildman–Crippen MR) is 94.8 cm³/mol. The van der Waals surface area contributed by atoms with Gasteiger partial charge in [0.25, 0.3) is 5.91 Å². The largest absolute Gasteiger partial charge is 0.497 e. The van der Waals surface area contributed by atoms with E-state index in [4.69, 9.17) is 9.47 Å². The lowest BCUT2D eigenvalue weighted by molar-refractivity contribution is -0.122. The van der Waals surface area contributed by atoms with Crippen LogP contribution in [0.15, 0.2) is 42.5 Å². The van der Waals surface area contributed by atoms with Crippen molar-refractivity contribution in [3.8, 4) is 11.5 Å². The van der Waals surface area contributed by atoms with Crippen LogP contribution in [0.1, 0.15) is 30.9 Å². The van der Waals surface area contributed by atoms with Gasteiger partial charge in [-0.15, -0.1) is 0 Å². The van der Waals surface area contributed by atoms with Crippen LogP contribution in [0.3, 0.4) is 0 Å². The van der Waals surface area contributed by atoms with E-state index >= 15 is 0 Å². The predicted octanol–water partition coefficient (Wildman–Crippen LogP) is 3.98. The molecular formula is C20H23NO3. The smallest absolute Gasteiger partial charge is 0.265 e. The van der Waals surface area contributed by atoms with Crippen LogP contribution in [-0.4, -0.2) is 19.1 Å². The Kier molecular flexibility index (Phi) is 5.04. The number of nitrogens with one attached hydrogen (secondary N) is 1. The Morgan fingerprint density at radius 3 is 2.50 bits per heavy atom. The highest BCUT2D eigenvalue weighted by Crippen LogP contribution is 2.28. The Hall–Kier alpha value is -2.49. The van der Waals surface area contributed by atoms with E-state index < -0.39 is 6.10 Å². The summed E-state index contributed by atoms with van der Waals surface area (Å²) in [7, 11) is 1.62. The van der Waals surface area contributed by atoms with Crippen molar-refractivity contribution in [2.45, 2.75) is 38.7 Å². The van der Waals surface area contributed by atoms with Gasteiger partial charge in [0.1, 0.15) is 11.5 Å². The topological polar surface area (TPSA) is 47.6 Å². The van der Waals surface area contributed by atoms with E-state index in [1.54, 1.807) is 26.2 Å². The van der Waals surface area contributed by atoms with Gasteiger partial charge in [0.2, 0.25) is 0 Å².